The number of carbonyl (C=O) groups excluding carboxylic acids is 1. The number of rotatable bonds is 2. The van der Waals surface area contributed by atoms with Crippen molar-refractivity contribution in [3.63, 3.8) is 0 Å². The Morgan fingerprint density at radius 1 is 1.75 bits per heavy atom. The van der Waals surface area contributed by atoms with Crippen LogP contribution in [0.3, 0.4) is 0 Å². The largest absolute Gasteiger partial charge is 0.369 e. The maximum Gasteiger partial charge on any atom is 0.255 e. The van der Waals surface area contributed by atoms with Crippen molar-refractivity contribution in [1.29, 1.82) is 0 Å². The zero-order valence-corrected chi connectivity index (χ0v) is 6.63. The first-order valence-electron chi connectivity index (χ1n) is 3.42. The minimum Gasteiger partial charge on any atom is -0.369 e. The lowest BCUT2D eigenvalue weighted by molar-refractivity contribution is -0.116. The lowest BCUT2D eigenvalue weighted by atomic mass is 10.2. The average molecular weight is 167 g/mol. The molecule has 0 atom stereocenters. The van der Waals surface area contributed by atoms with Gasteiger partial charge in [-0.1, -0.05) is 0 Å². The van der Waals surface area contributed by atoms with Crippen LogP contribution in [0.1, 0.15) is 12.5 Å². The van der Waals surface area contributed by atoms with Gasteiger partial charge in [0, 0.05) is 18.2 Å². The van der Waals surface area contributed by atoms with E-state index in [1.807, 2.05) is 0 Å². The van der Waals surface area contributed by atoms with E-state index in [4.69, 9.17) is 5.73 Å². The Balaban J connectivity index is 3.02. The maximum absolute atomic E-state index is 11.0. The van der Waals surface area contributed by atoms with Crippen LogP contribution < -0.4 is 11.3 Å². The molecule has 0 spiro atoms. The number of Topliss-reactive ketones (excluding diaryl/α,β-unsaturated/α-hetero) is 1. The van der Waals surface area contributed by atoms with Gasteiger partial charge in [-0.05, 0) is 6.92 Å². The van der Waals surface area contributed by atoms with Crippen molar-refractivity contribution in [2.24, 2.45) is 0 Å². The zero-order chi connectivity index (χ0) is 9.14. The number of carbonyl (C=O) groups is 1. The van der Waals surface area contributed by atoms with Crippen molar-refractivity contribution in [1.82, 2.24) is 9.97 Å². The quantitative estimate of drug-likeness (QED) is 0.620. The second-order valence-corrected chi connectivity index (χ2v) is 2.50. The molecule has 0 aliphatic carbocycles. The van der Waals surface area contributed by atoms with E-state index in [-0.39, 0.29) is 23.7 Å². The summed E-state index contributed by atoms with van der Waals surface area (Å²) >= 11 is 0. The van der Waals surface area contributed by atoms with Crippen LogP contribution in [0.4, 0.5) is 5.95 Å². The van der Waals surface area contributed by atoms with Crippen LogP contribution >= 0.6 is 0 Å². The van der Waals surface area contributed by atoms with E-state index in [1.165, 1.54) is 13.1 Å². The van der Waals surface area contributed by atoms with Crippen molar-refractivity contribution in [2.45, 2.75) is 13.3 Å². The molecular weight excluding hydrogens is 158 g/mol. The smallest absolute Gasteiger partial charge is 0.255 e. The van der Waals surface area contributed by atoms with Crippen LogP contribution in [0.5, 0.6) is 0 Å². The summed E-state index contributed by atoms with van der Waals surface area (Å²) in [4.78, 5) is 27.7. The highest BCUT2D eigenvalue weighted by Gasteiger charge is 2.02. The molecule has 64 valence electrons. The molecule has 0 bridgehead atoms. The predicted molar refractivity (Wildman–Crippen MR) is 43.7 cm³/mol. The number of aromatic nitrogens is 2. The average Bonchev–Trinajstić information content (AvgIpc) is 1.94. The molecule has 5 nitrogen and oxygen atoms in total. The van der Waals surface area contributed by atoms with Gasteiger partial charge in [0.25, 0.3) is 5.56 Å². The number of hydrogen-bond donors (Lipinski definition) is 2. The summed E-state index contributed by atoms with van der Waals surface area (Å²) in [5.41, 5.74) is 5.20. The molecule has 12 heavy (non-hydrogen) atoms. The summed E-state index contributed by atoms with van der Waals surface area (Å²) in [6, 6.07) is 0. The molecule has 0 saturated carbocycles. The highest BCUT2D eigenvalue weighted by atomic mass is 16.1. The Kier molecular flexibility index (Phi) is 2.23. The number of ketones is 1. The fourth-order valence-electron chi connectivity index (χ4n) is 0.829. The van der Waals surface area contributed by atoms with Crippen molar-refractivity contribution in [3.8, 4) is 0 Å². The van der Waals surface area contributed by atoms with Crippen molar-refractivity contribution in [2.75, 3.05) is 5.73 Å². The first kappa shape index (κ1) is 8.45. The SMILES string of the molecule is CC(=O)Cc1cnc(N)[nH]c1=O. The summed E-state index contributed by atoms with van der Waals surface area (Å²) in [6.45, 7) is 1.41. The second kappa shape index (κ2) is 3.17. The normalized spacial score (nSPS) is 9.75. The number of H-pyrrole nitrogens is 1. The molecule has 1 aromatic heterocycles. The summed E-state index contributed by atoms with van der Waals surface area (Å²) in [5, 5.41) is 0. The molecule has 0 saturated heterocycles. The second-order valence-electron chi connectivity index (χ2n) is 2.50. The van der Waals surface area contributed by atoms with E-state index in [1.54, 1.807) is 0 Å². The number of nitrogens with zero attached hydrogens (tertiary/aromatic N) is 1. The molecule has 5 heteroatoms. The van der Waals surface area contributed by atoms with E-state index in [9.17, 15) is 9.59 Å². The summed E-state index contributed by atoms with van der Waals surface area (Å²) in [7, 11) is 0. The number of anilines is 1. The van der Waals surface area contributed by atoms with Crippen LogP contribution in [0.15, 0.2) is 11.0 Å². The first-order valence-corrected chi connectivity index (χ1v) is 3.42. The highest BCUT2D eigenvalue weighted by Crippen LogP contribution is 1.92. The van der Waals surface area contributed by atoms with Crippen molar-refractivity contribution in [3.05, 3.63) is 22.1 Å². The Bertz CT molecular complexity index is 356. The van der Waals surface area contributed by atoms with Crippen LogP contribution in [-0.2, 0) is 11.2 Å². The van der Waals surface area contributed by atoms with E-state index >= 15 is 0 Å². The molecule has 0 unspecified atom stereocenters. The molecule has 0 amide bonds. The van der Waals surface area contributed by atoms with Crippen LogP contribution in [-0.4, -0.2) is 15.8 Å². The summed E-state index contributed by atoms with van der Waals surface area (Å²) < 4.78 is 0. The predicted octanol–water partition coefficient (Wildman–Crippen LogP) is -0.516. The molecule has 1 aromatic rings. The minimum atomic E-state index is -0.349. The van der Waals surface area contributed by atoms with E-state index in [0.717, 1.165) is 0 Å². The fraction of sp³-hybridized carbons (Fsp3) is 0.286. The molecule has 0 aromatic carbocycles. The third-order valence-electron chi connectivity index (χ3n) is 1.33. The molecule has 0 radical (unpaired) electrons. The number of nitrogens with two attached hydrogens (primary N) is 1. The third-order valence-corrected chi connectivity index (χ3v) is 1.33. The molecule has 1 heterocycles. The van der Waals surface area contributed by atoms with Gasteiger partial charge in [-0.2, -0.15) is 0 Å². The van der Waals surface area contributed by atoms with Gasteiger partial charge in [0.05, 0.1) is 0 Å². The molecule has 3 N–H and O–H groups in total. The summed E-state index contributed by atoms with van der Waals surface area (Å²) in [5.74, 6) is -0.0145. The molecular formula is C7H9N3O2. The monoisotopic (exact) mass is 167 g/mol. The number of nitrogens with one attached hydrogen (secondary N) is 1. The summed E-state index contributed by atoms with van der Waals surface area (Å²) in [6.07, 6.45) is 1.41. The van der Waals surface area contributed by atoms with Crippen LogP contribution in [0.25, 0.3) is 0 Å². The lowest BCUT2D eigenvalue weighted by Gasteiger charge is -1.95. The number of aromatic amines is 1. The van der Waals surface area contributed by atoms with E-state index < -0.39 is 0 Å². The standard InChI is InChI=1S/C7H9N3O2/c1-4(11)2-5-3-9-7(8)10-6(5)12/h3H,2H2,1H3,(H3,8,9,10,12). The maximum atomic E-state index is 11.0. The van der Waals surface area contributed by atoms with Gasteiger partial charge in [0.2, 0.25) is 0 Å². The minimum absolute atomic E-state index is 0.0623. The molecule has 0 aliphatic rings. The van der Waals surface area contributed by atoms with Gasteiger partial charge in [0.1, 0.15) is 5.78 Å². The number of nitrogen functional groups attached to an aromatic ring is 1. The lowest BCUT2D eigenvalue weighted by Crippen LogP contribution is -2.17. The zero-order valence-electron chi connectivity index (χ0n) is 6.63. The van der Waals surface area contributed by atoms with E-state index in [2.05, 4.69) is 9.97 Å². The Morgan fingerprint density at radius 2 is 2.42 bits per heavy atom. The Morgan fingerprint density at radius 3 is 2.92 bits per heavy atom. The highest BCUT2D eigenvalue weighted by molar-refractivity contribution is 5.77. The van der Waals surface area contributed by atoms with Gasteiger partial charge in [-0.25, -0.2) is 4.98 Å². The van der Waals surface area contributed by atoms with Gasteiger partial charge in [-0.3, -0.25) is 14.6 Å². The fourth-order valence-corrected chi connectivity index (χ4v) is 0.829. The van der Waals surface area contributed by atoms with Gasteiger partial charge >= 0.3 is 0 Å². The number of hydrogen-bond acceptors (Lipinski definition) is 4. The van der Waals surface area contributed by atoms with Gasteiger partial charge in [-0.15, -0.1) is 0 Å². The molecule has 0 aliphatic heterocycles. The van der Waals surface area contributed by atoms with Crippen LogP contribution in [0, 0.1) is 0 Å². The van der Waals surface area contributed by atoms with Gasteiger partial charge in [0.15, 0.2) is 5.95 Å². The first-order chi connectivity index (χ1) is 5.59. The van der Waals surface area contributed by atoms with Crippen molar-refractivity contribution >= 4 is 11.7 Å². The Hall–Kier alpha value is -1.65. The van der Waals surface area contributed by atoms with Crippen molar-refractivity contribution < 1.29 is 4.79 Å². The van der Waals surface area contributed by atoms with Crippen LogP contribution in [0.2, 0.25) is 0 Å². The molecule has 1 rings (SSSR count). The third kappa shape index (κ3) is 1.91. The Labute approximate surface area is 68.6 Å². The topological polar surface area (TPSA) is 88.8 Å². The molecule has 0 fully saturated rings. The van der Waals surface area contributed by atoms with E-state index in [0.29, 0.717) is 5.56 Å². The van der Waals surface area contributed by atoms with Gasteiger partial charge < -0.3 is 5.73 Å².